The van der Waals surface area contributed by atoms with E-state index in [2.05, 4.69) is 5.43 Å². The summed E-state index contributed by atoms with van der Waals surface area (Å²) in [6.07, 6.45) is 0. The van der Waals surface area contributed by atoms with Crippen molar-refractivity contribution in [1.29, 1.82) is 0 Å². The molecule has 0 unspecified atom stereocenters. The number of nitro groups is 1. The molecule has 0 atom stereocenters. The first-order chi connectivity index (χ1) is 5.65. The molecule has 6 heteroatoms. The average Bonchev–Trinajstić information content (AvgIpc) is 2.03. The number of rotatable bonds is 2. The Morgan fingerprint density at radius 1 is 1.50 bits per heavy atom. The average molecular weight is 168 g/mol. The molecule has 5 N–H and O–H groups in total. The summed E-state index contributed by atoms with van der Waals surface area (Å²) < 4.78 is 0. The zero-order chi connectivity index (χ0) is 9.14. The van der Waals surface area contributed by atoms with Gasteiger partial charge in [0.1, 0.15) is 5.69 Å². The monoisotopic (exact) mass is 168 g/mol. The van der Waals surface area contributed by atoms with Gasteiger partial charge >= 0.3 is 0 Å². The van der Waals surface area contributed by atoms with E-state index in [1.807, 2.05) is 0 Å². The van der Waals surface area contributed by atoms with Crippen molar-refractivity contribution in [3.63, 3.8) is 0 Å². The summed E-state index contributed by atoms with van der Waals surface area (Å²) in [6, 6.07) is 4.14. The van der Waals surface area contributed by atoms with E-state index in [1.165, 1.54) is 18.2 Å². The molecule has 6 nitrogen and oxygen atoms in total. The van der Waals surface area contributed by atoms with Crippen molar-refractivity contribution in [3.8, 4) is 0 Å². The fourth-order valence-corrected chi connectivity index (χ4v) is 0.828. The fraction of sp³-hybridized carbons (Fsp3) is 0. The van der Waals surface area contributed by atoms with Crippen molar-refractivity contribution in [2.75, 3.05) is 11.2 Å². The number of hydrazine groups is 1. The van der Waals surface area contributed by atoms with Crippen LogP contribution in [-0.2, 0) is 0 Å². The molecule has 1 aromatic rings. The molecule has 0 aliphatic heterocycles. The van der Waals surface area contributed by atoms with Crippen LogP contribution in [-0.4, -0.2) is 4.92 Å². The molecule has 0 aliphatic rings. The highest BCUT2D eigenvalue weighted by Crippen LogP contribution is 2.24. The minimum absolute atomic E-state index is 0.0910. The molecule has 0 bridgehead atoms. The Balaban J connectivity index is 3.20. The summed E-state index contributed by atoms with van der Waals surface area (Å²) in [5.41, 5.74) is 8.12. The van der Waals surface area contributed by atoms with E-state index in [4.69, 9.17) is 11.6 Å². The molecular weight excluding hydrogens is 160 g/mol. The van der Waals surface area contributed by atoms with Gasteiger partial charge in [-0.3, -0.25) is 16.0 Å². The summed E-state index contributed by atoms with van der Waals surface area (Å²) in [5, 5.41) is 10.4. The molecule has 64 valence electrons. The number of anilines is 2. The second-order valence-corrected chi connectivity index (χ2v) is 2.18. The quantitative estimate of drug-likeness (QED) is 0.257. The number of benzene rings is 1. The van der Waals surface area contributed by atoms with Crippen LogP contribution in [0, 0.1) is 10.1 Å². The van der Waals surface area contributed by atoms with Gasteiger partial charge in [0.2, 0.25) is 0 Å². The van der Waals surface area contributed by atoms with E-state index >= 15 is 0 Å². The highest BCUT2D eigenvalue weighted by atomic mass is 16.6. The summed E-state index contributed by atoms with van der Waals surface area (Å²) in [7, 11) is 0. The summed E-state index contributed by atoms with van der Waals surface area (Å²) in [5.74, 6) is 5.05. The summed E-state index contributed by atoms with van der Waals surface area (Å²) in [4.78, 5) is 9.83. The molecule has 0 saturated heterocycles. The zero-order valence-corrected chi connectivity index (χ0v) is 6.15. The lowest BCUT2D eigenvalue weighted by Gasteiger charge is -2.01. The summed E-state index contributed by atoms with van der Waals surface area (Å²) >= 11 is 0. The van der Waals surface area contributed by atoms with Crippen molar-refractivity contribution in [3.05, 3.63) is 28.3 Å². The first-order valence-corrected chi connectivity index (χ1v) is 3.15. The highest BCUT2D eigenvalue weighted by molar-refractivity contribution is 5.66. The Bertz CT molecular complexity index is 312. The first kappa shape index (κ1) is 8.28. The SMILES string of the molecule is NNc1cc(N)ccc1[N+](=O)[O-]. The standard InChI is InChI=1S/C6H8N4O2/c7-4-1-2-6(10(11)12)5(3-4)9-8/h1-3,9H,7-8H2. The second-order valence-electron chi connectivity index (χ2n) is 2.18. The molecule has 0 aliphatic carbocycles. The van der Waals surface area contributed by atoms with Crippen LogP contribution >= 0.6 is 0 Å². The van der Waals surface area contributed by atoms with E-state index in [0.717, 1.165) is 0 Å². The van der Waals surface area contributed by atoms with Crippen molar-refractivity contribution in [2.45, 2.75) is 0 Å². The third-order valence-electron chi connectivity index (χ3n) is 1.37. The van der Waals surface area contributed by atoms with Gasteiger partial charge in [-0.2, -0.15) is 0 Å². The molecule has 0 heterocycles. The molecule has 1 rings (SSSR count). The van der Waals surface area contributed by atoms with Crippen LogP contribution in [0.3, 0.4) is 0 Å². The lowest BCUT2D eigenvalue weighted by atomic mass is 10.2. The van der Waals surface area contributed by atoms with Gasteiger partial charge in [0.15, 0.2) is 0 Å². The first-order valence-electron chi connectivity index (χ1n) is 3.15. The maximum Gasteiger partial charge on any atom is 0.293 e. The molecule has 0 radical (unpaired) electrons. The van der Waals surface area contributed by atoms with Crippen LogP contribution in [0.2, 0.25) is 0 Å². The number of hydrogen-bond donors (Lipinski definition) is 3. The number of nitrogens with zero attached hydrogens (tertiary/aromatic N) is 1. The van der Waals surface area contributed by atoms with Gasteiger partial charge in [0.25, 0.3) is 5.69 Å². The Labute approximate surface area is 68.3 Å². The Kier molecular flexibility index (Phi) is 2.11. The smallest absolute Gasteiger partial charge is 0.293 e. The second kappa shape index (κ2) is 3.05. The van der Waals surface area contributed by atoms with Crippen LogP contribution in [0.5, 0.6) is 0 Å². The van der Waals surface area contributed by atoms with Crippen LogP contribution in [0.15, 0.2) is 18.2 Å². The van der Waals surface area contributed by atoms with E-state index in [1.54, 1.807) is 0 Å². The molecule has 0 spiro atoms. The van der Waals surface area contributed by atoms with Gasteiger partial charge in [-0.25, -0.2) is 0 Å². The third-order valence-corrected chi connectivity index (χ3v) is 1.37. The fourth-order valence-electron chi connectivity index (χ4n) is 0.828. The lowest BCUT2D eigenvalue weighted by molar-refractivity contribution is -0.383. The largest absolute Gasteiger partial charge is 0.399 e. The maximum atomic E-state index is 10.4. The Morgan fingerprint density at radius 2 is 2.17 bits per heavy atom. The van der Waals surface area contributed by atoms with E-state index in [0.29, 0.717) is 5.69 Å². The maximum absolute atomic E-state index is 10.4. The third kappa shape index (κ3) is 1.43. The normalized spacial score (nSPS) is 9.42. The molecule has 0 amide bonds. The minimum Gasteiger partial charge on any atom is -0.399 e. The van der Waals surface area contributed by atoms with Crippen molar-refractivity contribution < 1.29 is 4.92 Å². The van der Waals surface area contributed by atoms with Crippen molar-refractivity contribution >= 4 is 17.1 Å². The minimum atomic E-state index is -0.533. The van der Waals surface area contributed by atoms with Gasteiger partial charge in [0.05, 0.1) is 4.92 Å². The van der Waals surface area contributed by atoms with Crippen LogP contribution in [0.25, 0.3) is 0 Å². The molecule has 0 fully saturated rings. The molecule has 0 aromatic heterocycles. The predicted octanol–water partition coefficient (Wildman–Crippen LogP) is 0.463. The molecule has 12 heavy (non-hydrogen) atoms. The number of nitro benzene ring substituents is 1. The van der Waals surface area contributed by atoms with Crippen LogP contribution < -0.4 is 17.0 Å². The number of nitrogen functional groups attached to an aromatic ring is 2. The van der Waals surface area contributed by atoms with E-state index in [9.17, 15) is 10.1 Å². The van der Waals surface area contributed by atoms with Gasteiger partial charge in [0, 0.05) is 11.8 Å². The predicted molar refractivity (Wildman–Crippen MR) is 45.3 cm³/mol. The van der Waals surface area contributed by atoms with Gasteiger partial charge in [-0.05, 0) is 12.1 Å². The van der Waals surface area contributed by atoms with Crippen LogP contribution in [0.1, 0.15) is 0 Å². The topological polar surface area (TPSA) is 107 Å². The molecule has 1 aromatic carbocycles. The highest BCUT2D eigenvalue weighted by Gasteiger charge is 2.11. The lowest BCUT2D eigenvalue weighted by Crippen LogP contribution is -2.09. The van der Waals surface area contributed by atoms with E-state index in [-0.39, 0.29) is 11.4 Å². The van der Waals surface area contributed by atoms with Gasteiger partial charge < -0.3 is 11.2 Å². The Morgan fingerprint density at radius 3 is 2.67 bits per heavy atom. The summed E-state index contributed by atoms with van der Waals surface area (Å²) in [6.45, 7) is 0. The van der Waals surface area contributed by atoms with Gasteiger partial charge in [-0.15, -0.1) is 0 Å². The molecular formula is C6H8N4O2. The number of nitrogens with one attached hydrogen (secondary N) is 1. The number of hydrogen-bond acceptors (Lipinski definition) is 5. The molecule has 0 saturated carbocycles. The van der Waals surface area contributed by atoms with E-state index < -0.39 is 4.92 Å². The van der Waals surface area contributed by atoms with Crippen LogP contribution in [0.4, 0.5) is 17.1 Å². The zero-order valence-electron chi connectivity index (χ0n) is 6.15. The van der Waals surface area contributed by atoms with Gasteiger partial charge in [-0.1, -0.05) is 0 Å². The Hall–Kier alpha value is -1.82. The van der Waals surface area contributed by atoms with Crippen molar-refractivity contribution in [1.82, 2.24) is 0 Å². The number of nitrogens with two attached hydrogens (primary N) is 2. The van der Waals surface area contributed by atoms with Crippen molar-refractivity contribution in [2.24, 2.45) is 5.84 Å².